The molecule has 1 aliphatic heterocycles. The number of nitrogens with one attached hydrogen (secondary N) is 1. The summed E-state index contributed by atoms with van der Waals surface area (Å²) < 4.78 is 32.9. The van der Waals surface area contributed by atoms with Crippen molar-refractivity contribution in [2.24, 2.45) is 0 Å². The van der Waals surface area contributed by atoms with Gasteiger partial charge in [-0.25, -0.2) is 8.78 Å². The van der Waals surface area contributed by atoms with Crippen LogP contribution in [0.25, 0.3) is 10.9 Å². The van der Waals surface area contributed by atoms with E-state index in [1.807, 2.05) is 36.5 Å². The van der Waals surface area contributed by atoms with E-state index in [1.165, 1.54) is 12.1 Å². The summed E-state index contributed by atoms with van der Waals surface area (Å²) in [5.74, 6) is -0.218. The Balaban J connectivity index is 1.54. The number of rotatable bonds is 6. The fourth-order valence-corrected chi connectivity index (χ4v) is 4.23. The Morgan fingerprint density at radius 3 is 2.57 bits per heavy atom. The standard InChI is InChI=1S/C23H26F2N2O/c1-27-10-7-23(8-11-27,20-2-4-21(25)5-3-20)16-28-15-19-13-17(14-24)12-18-6-9-26-22(18)19/h2-6,9,12-13,26H,7-8,10-11,14-16H2,1H3. The van der Waals surface area contributed by atoms with Crippen molar-refractivity contribution >= 4 is 10.9 Å². The van der Waals surface area contributed by atoms with Crippen LogP contribution in [0.3, 0.4) is 0 Å². The summed E-state index contributed by atoms with van der Waals surface area (Å²) in [7, 11) is 2.12. The average Bonchev–Trinajstić information content (AvgIpc) is 3.19. The molecule has 0 amide bonds. The number of nitrogens with zero attached hydrogens (tertiary/aromatic N) is 1. The number of alkyl halides is 1. The number of aromatic nitrogens is 1. The zero-order chi connectivity index (χ0) is 19.6. The van der Waals surface area contributed by atoms with Crippen LogP contribution in [-0.2, 0) is 23.4 Å². The Morgan fingerprint density at radius 1 is 1.11 bits per heavy atom. The zero-order valence-electron chi connectivity index (χ0n) is 16.2. The fourth-order valence-electron chi connectivity index (χ4n) is 4.23. The van der Waals surface area contributed by atoms with Crippen molar-refractivity contribution in [3.63, 3.8) is 0 Å². The topological polar surface area (TPSA) is 28.3 Å². The van der Waals surface area contributed by atoms with Gasteiger partial charge in [-0.05, 0) is 74.4 Å². The van der Waals surface area contributed by atoms with Gasteiger partial charge in [0.25, 0.3) is 0 Å². The number of benzene rings is 2. The maximum Gasteiger partial charge on any atom is 0.123 e. The molecule has 3 aromatic rings. The van der Waals surface area contributed by atoms with Gasteiger partial charge < -0.3 is 14.6 Å². The molecule has 0 bridgehead atoms. The van der Waals surface area contributed by atoms with Gasteiger partial charge >= 0.3 is 0 Å². The van der Waals surface area contributed by atoms with E-state index in [1.54, 1.807) is 0 Å². The number of H-pyrrole nitrogens is 1. The number of piperidine rings is 1. The smallest absolute Gasteiger partial charge is 0.123 e. The SMILES string of the molecule is CN1CCC(COCc2cc(CF)cc3cc[nH]c23)(c2ccc(F)cc2)CC1. The maximum absolute atomic E-state index is 13.4. The van der Waals surface area contributed by atoms with Crippen LogP contribution in [0.2, 0.25) is 0 Å². The van der Waals surface area contributed by atoms with Crippen LogP contribution in [0, 0.1) is 5.82 Å². The Bertz CT molecular complexity index is 927. The summed E-state index contributed by atoms with van der Waals surface area (Å²) in [5, 5.41) is 1.00. The highest BCUT2D eigenvalue weighted by Gasteiger charge is 2.35. The van der Waals surface area contributed by atoms with Crippen molar-refractivity contribution in [1.82, 2.24) is 9.88 Å². The van der Waals surface area contributed by atoms with E-state index >= 15 is 0 Å². The van der Waals surface area contributed by atoms with Gasteiger partial charge in [-0.1, -0.05) is 12.1 Å². The minimum atomic E-state index is -0.486. The minimum Gasteiger partial charge on any atom is -0.376 e. The molecule has 0 atom stereocenters. The highest BCUT2D eigenvalue weighted by molar-refractivity contribution is 5.83. The Hall–Kier alpha value is -2.24. The van der Waals surface area contributed by atoms with Gasteiger partial charge in [0.15, 0.2) is 0 Å². The Morgan fingerprint density at radius 2 is 1.86 bits per heavy atom. The lowest BCUT2D eigenvalue weighted by molar-refractivity contribution is 0.0411. The third-order valence-electron chi connectivity index (χ3n) is 5.99. The number of hydrogen-bond donors (Lipinski definition) is 1. The van der Waals surface area contributed by atoms with E-state index in [4.69, 9.17) is 4.74 Å². The molecule has 0 unspecified atom stereocenters. The lowest BCUT2D eigenvalue weighted by Gasteiger charge is -2.41. The molecule has 2 aromatic carbocycles. The molecule has 0 saturated carbocycles. The van der Waals surface area contributed by atoms with E-state index in [0.717, 1.165) is 48.0 Å². The van der Waals surface area contributed by atoms with Crippen LogP contribution in [0.5, 0.6) is 0 Å². The van der Waals surface area contributed by atoms with Crippen LogP contribution in [0.15, 0.2) is 48.7 Å². The number of aromatic amines is 1. The van der Waals surface area contributed by atoms with Crippen molar-refractivity contribution in [3.8, 4) is 0 Å². The lowest BCUT2D eigenvalue weighted by atomic mass is 9.73. The molecule has 1 fully saturated rings. The second-order valence-electron chi connectivity index (χ2n) is 7.91. The summed E-state index contributed by atoms with van der Waals surface area (Å²) in [6.45, 7) is 2.47. The summed E-state index contributed by atoms with van der Waals surface area (Å²) in [6.07, 6.45) is 3.81. The molecule has 0 spiro atoms. The van der Waals surface area contributed by atoms with Gasteiger partial charge in [0, 0.05) is 22.6 Å². The molecule has 0 aliphatic carbocycles. The molecule has 148 valence electrons. The Kier molecular flexibility index (Phi) is 5.47. The highest BCUT2D eigenvalue weighted by Crippen LogP contribution is 2.36. The molecule has 0 radical (unpaired) electrons. The second kappa shape index (κ2) is 8.02. The molecule has 4 rings (SSSR count). The number of halogens is 2. The average molecular weight is 384 g/mol. The number of ether oxygens (including phenoxy) is 1. The van der Waals surface area contributed by atoms with E-state index in [0.29, 0.717) is 18.8 Å². The van der Waals surface area contributed by atoms with Crippen molar-refractivity contribution < 1.29 is 13.5 Å². The summed E-state index contributed by atoms with van der Waals surface area (Å²) in [6, 6.07) is 12.5. The monoisotopic (exact) mass is 384 g/mol. The van der Waals surface area contributed by atoms with E-state index in [2.05, 4.69) is 16.9 Å². The first kappa shape index (κ1) is 19.1. The Labute approximate surface area is 164 Å². The first-order valence-corrected chi connectivity index (χ1v) is 9.77. The molecular weight excluding hydrogens is 358 g/mol. The molecule has 1 N–H and O–H groups in total. The predicted octanol–water partition coefficient (Wildman–Crippen LogP) is 4.96. The van der Waals surface area contributed by atoms with Crippen molar-refractivity contribution in [1.29, 1.82) is 0 Å². The van der Waals surface area contributed by atoms with E-state index in [-0.39, 0.29) is 11.2 Å². The summed E-state index contributed by atoms with van der Waals surface area (Å²) >= 11 is 0. The molecule has 1 aromatic heterocycles. The molecule has 1 saturated heterocycles. The van der Waals surface area contributed by atoms with E-state index < -0.39 is 6.67 Å². The summed E-state index contributed by atoms with van der Waals surface area (Å²) in [5.41, 5.74) is 3.64. The first-order chi connectivity index (χ1) is 13.6. The largest absolute Gasteiger partial charge is 0.376 e. The van der Waals surface area contributed by atoms with Gasteiger partial charge in [-0.2, -0.15) is 0 Å². The number of fused-ring (bicyclic) bond motifs is 1. The number of hydrogen-bond acceptors (Lipinski definition) is 2. The molecule has 5 heteroatoms. The van der Waals surface area contributed by atoms with Crippen LogP contribution in [0.4, 0.5) is 8.78 Å². The van der Waals surface area contributed by atoms with Crippen molar-refractivity contribution in [2.75, 3.05) is 26.7 Å². The molecular formula is C23H26F2N2O. The maximum atomic E-state index is 13.4. The lowest BCUT2D eigenvalue weighted by Crippen LogP contribution is -2.43. The fraction of sp³-hybridized carbons (Fsp3) is 0.391. The van der Waals surface area contributed by atoms with Crippen molar-refractivity contribution in [2.45, 2.75) is 31.5 Å². The highest BCUT2D eigenvalue weighted by atomic mass is 19.1. The predicted molar refractivity (Wildman–Crippen MR) is 108 cm³/mol. The third kappa shape index (κ3) is 3.82. The van der Waals surface area contributed by atoms with Crippen molar-refractivity contribution in [3.05, 3.63) is 71.2 Å². The van der Waals surface area contributed by atoms with Crippen LogP contribution < -0.4 is 0 Å². The third-order valence-corrected chi connectivity index (χ3v) is 5.99. The minimum absolute atomic E-state index is 0.118. The van der Waals surface area contributed by atoms with Gasteiger partial charge in [0.2, 0.25) is 0 Å². The molecule has 1 aliphatic rings. The molecule has 28 heavy (non-hydrogen) atoms. The molecule has 3 nitrogen and oxygen atoms in total. The van der Waals surface area contributed by atoms with Gasteiger partial charge in [0.05, 0.1) is 18.7 Å². The van der Waals surface area contributed by atoms with Crippen LogP contribution >= 0.6 is 0 Å². The quantitative estimate of drug-likeness (QED) is 0.651. The van der Waals surface area contributed by atoms with E-state index in [9.17, 15) is 8.78 Å². The summed E-state index contributed by atoms with van der Waals surface area (Å²) in [4.78, 5) is 5.54. The van der Waals surface area contributed by atoms with Crippen LogP contribution in [0.1, 0.15) is 29.5 Å². The first-order valence-electron chi connectivity index (χ1n) is 9.77. The molecule has 2 heterocycles. The normalized spacial score (nSPS) is 17.2. The van der Waals surface area contributed by atoms with Gasteiger partial charge in [-0.15, -0.1) is 0 Å². The second-order valence-corrected chi connectivity index (χ2v) is 7.91. The van der Waals surface area contributed by atoms with Gasteiger partial charge in [-0.3, -0.25) is 0 Å². The van der Waals surface area contributed by atoms with Gasteiger partial charge in [0.1, 0.15) is 12.5 Å². The number of likely N-dealkylation sites (tertiary alicyclic amines) is 1. The van der Waals surface area contributed by atoms with Crippen LogP contribution in [-0.4, -0.2) is 36.6 Å². The zero-order valence-corrected chi connectivity index (χ0v) is 16.2.